The summed E-state index contributed by atoms with van der Waals surface area (Å²) in [7, 11) is 3.39. The molecule has 1 aliphatic heterocycles. The Morgan fingerprint density at radius 3 is 2.35 bits per heavy atom. The molecule has 0 amide bonds. The lowest BCUT2D eigenvalue weighted by Crippen LogP contribution is -2.44. The molecule has 3 unspecified atom stereocenters. The molecule has 1 heterocycles. The molecule has 0 saturated carbocycles. The van der Waals surface area contributed by atoms with Gasteiger partial charge in [-0.15, -0.1) is 0 Å². The van der Waals surface area contributed by atoms with Crippen LogP contribution in [0.25, 0.3) is 0 Å². The fourth-order valence-electron chi connectivity index (χ4n) is 2.23. The Morgan fingerprint density at radius 1 is 1.22 bits per heavy atom. The van der Waals surface area contributed by atoms with Crippen molar-refractivity contribution in [3.8, 4) is 0 Å². The molecular formula is C17H26O6. The summed E-state index contributed by atoms with van der Waals surface area (Å²) in [6, 6.07) is 8.30. The van der Waals surface area contributed by atoms with Crippen LogP contribution < -0.4 is 0 Å². The Bertz CT molecular complexity index is 436. The molecule has 1 aromatic rings. The highest BCUT2D eigenvalue weighted by Crippen LogP contribution is 2.19. The fourth-order valence-corrected chi connectivity index (χ4v) is 2.23. The first-order valence-electron chi connectivity index (χ1n) is 7.65. The van der Waals surface area contributed by atoms with Gasteiger partial charge < -0.3 is 24.1 Å². The highest BCUT2D eigenvalue weighted by atomic mass is 16.6. The lowest BCUT2D eigenvalue weighted by atomic mass is 10.0. The average Bonchev–Trinajstić information content (AvgIpc) is 2.60. The number of methoxy groups -OCH3 is 2. The molecule has 23 heavy (non-hydrogen) atoms. The van der Waals surface area contributed by atoms with E-state index in [2.05, 4.69) is 0 Å². The van der Waals surface area contributed by atoms with Crippen molar-refractivity contribution in [2.45, 2.75) is 31.7 Å². The van der Waals surface area contributed by atoms with E-state index in [9.17, 15) is 4.79 Å². The topological polar surface area (TPSA) is 74.2 Å². The zero-order valence-corrected chi connectivity index (χ0v) is 13.9. The lowest BCUT2D eigenvalue weighted by Gasteiger charge is -2.34. The van der Waals surface area contributed by atoms with Crippen molar-refractivity contribution in [2.75, 3.05) is 34.0 Å². The van der Waals surface area contributed by atoms with Crippen LogP contribution in [0.15, 0.2) is 30.3 Å². The quantitative estimate of drug-likeness (QED) is 0.864. The fraction of sp³-hybridized carbons (Fsp3) is 0.588. The number of carboxylic acid groups (broad SMARTS) is 1. The largest absolute Gasteiger partial charge is 0.478 e. The summed E-state index contributed by atoms with van der Waals surface area (Å²) in [5, 5.41) is 8.38. The van der Waals surface area contributed by atoms with Crippen LogP contribution in [-0.4, -0.2) is 63.4 Å². The van der Waals surface area contributed by atoms with E-state index in [1.807, 2.05) is 6.92 Å². The van der Waals surface area contributed by atoms with E-state index in [0.29, 0.717) is 18.8 Å². The van der Waals surface area contributed by atoms with Crippen molar-refractivity contribution in [3.63, 3.8) is 0 Å². The van der Waals surface area contributed by atoms with Crippen molar-refractivity contribution in [1.29, 1.82) is 0 Å². The molecule has 1 aromatic carbocycles. The van der Waals surface area contributed by atoms with Gasteiger partial charge in [0.25, 0.3) is 0 Å². The molecule has 130 valence electrons. The Morgan fingerprint density at radius 2 is 1.87 bits per heavy atom. The first-order valence-corrected chi connectivity index (χ1v) is 7.65. The van der Waals surface area contributed by atoms with E-state index in [-0.39, 0.29) is 18.3 Å². The maximum atomic E-state index is 10.2. The average molecular weight is 326 g/mol. The Balaban J connectivity index is 0.000000253. The standard InChI is InChI=1S/C10H20O4.C7H6O2/c1-4-13-6-8-5-9(11-2)10(12-3)7-14-8;8-7(9)6-4-2-1-3-5-6/h8-10H,4-7H2,1-3H3;1-5H,(H,8,9). The van der Waals surface area contributed by atoms with Gasteiger partial charge in [-0.1, -0.05) is 18.2 Å². The van der Waals surface area contributed by atoms with Gasteiger partial charge in [0, 0.05) is 27.2 Å². The molecule has 1 saturated heterocycles. The van der Waals surface area contributed by atoms with Crippen molar-refractivity contribution in [1.82, 2.24) is 0 Å². The van der Waals surface area contributed by atoms with Gasteiger partial charge in [0.05, 0.1) is 31.0 Å². The Hall–Kier alpha value is -1.47. The highest BCUT2D eigenvalue weighted by Gasteiger charge is 2.31. The summed E-state index contributed by atoms with van der Waals surface area (Å²) in [5.41, 5.74) is 0.331. The monoisotopic (exact) mass is 326 g/mol. The molecule has 1 aliphatic rings. The molecule has 3 atom stereocenters. The zero-order chi connectivity index (χ0) is 17.1. The minimum atomic E-state index is -0.879. The molecule has 1 N–H and O–H groups in total. The number of benzene rings is 1. The van der Waals surface area contributed by atoms with Crippen LogP contribution in [0.4, 0.5) is 0 Å². The molecule has 0 aromatic heterocycles. The van der Waals surface area contributed by atoms with E-state index in [1.165, 1.54) is 0 Å². The van der Waals surface area contributed by atoms with Crippen molar-refractivity contribution in [2.24, 2.45) is 0 Å². The zero-order valence-electron chi connectivity index (χ0n) is 13.9. The van der Waals surface area contributed by atoms with Crippen LogP contribution in [0.2, 0.25) is 0 Å². The maximum absolute atomic E-state index is 10.2. The molecule has 0 radical (unpaired) electrons. The van der Waals surface area contributed by atoms with Crippen molar-refractivity contribution >= 4 is 5.97 Å². The summed E-state index contributed by atoms with van der Waals surface area (Å²) < 4.78 is 21.5. The van der Waals surface area contributed by atoms with Gasteiger partial charge in [0.15, 0.2) is 0 Å². The minimum absolute atomic E-state index is 0.0536. The first-order chi connectivity index (χ1) is 11.1. The van der Waals surface area contributed by atoms with Gasteiger partial charge in [0.1, 0.15) is 6.10 Å². The Labute approximate surface area is 137 Å². The number of hydrogen-bond donors (Lipinski definition) is 1. The van der Waals surface area contributed by atoms with Crippen LogP contribution >= 0.6 is 0 Å². The molecular weight excluding hydrogens is 300 g/mol. The number of carbonyl (C=O) groups is 1. The Kier molecular flexibility index (Phi) is 9.47. The van der Waals surface area contributed by atoms with E-state index in [4.69, 9.17) is 24.1 Å². The normalized spacial score (nSPS) is 23.7. The minimum Gasteiger partial charge on any atom is -0.478 e. The van der Waals surface area contributed by atoms with Gasteiger partial charge in [-0.05, 0) is 19.1 Å². The maximum Gasteiger partial charge on any atom is 0.335 e. The molecule has 0 bridgehead atoms. The summed E-state index contributed by atoms with van der Waals surface area (Å²) in [6.45, 7) is 3.94. The third-order valence-electron chi connectivity index (χ3n) is 3.54. The van der Waals surface area contributed by atoms with Crippen LogP contribution in [0.1, 0.15) is 23.7 Å². The van der Waals surface area contributed by atoms with Gasteiger partial charge >= 0.3 is 5.97 Å². The first kappa shape index (κ1) is 19.6. The van der Waals surface area contributed by atoms with E-state index >= 15 is 0 Å². The molecule has 6 nitrogen and oxygen atoms in total. The van der Waals surface area contributed by atoms with Gasteiger partial charge in [-0.3, -0.25) is 0 Å². The van der Waals surface area contributed by atoms with Crippen LogP contribution in [0, 0.1) is 0 Å². The number of carboxylic acids is 1. The third-order valence-corrected chi connectivity index (χ3v) is 3.54. The lowest BCUT2D eigenvalue weighted by molar-refractivity contribution is -0.156. The number of aromatic carboxylic acids is 1. The second-order valence-electron chi connectivity index (χ2n) is 5.07. The molecule has 0 aliphatic carbocycles. The second kappa shape index (κ2) is 11.1. The smallest absolute Gasteiger partial charge is 0.335 e. The summed E-state index contributed by atoms with van der Waals surface area (Å²) in [6.07, 6.45) is 1.16. The number of ether oxygens (including phenoxy) is 4. The summed E-state index contributed by atoms with van der Waals surface area (Å²) in [5.74, 6) is -0.879. The van der Waals surface area contributed by atoms with Crippen molar-refractivity contribution in [3.05, 3.63) is 35.9 Å². The highest BCUT2D eigenvalue weighted by molar-refractivity contribution is 5.87. The van der Waals surface area contributed by atoms with Crippen molar-refractivity contribution < 1.29 is 28.8 Å². The van der Waals surface area contributed by atoms with E-state index in [0.717, 1.165) is 13.0 Å². The van der Waals surface area contributed by atoms with Gasteiger partial charge in [-0.2, -0.15) is 0 Å². The van der Waals surface area contributed by atoms with E-state index < -0.39 is 5.97 Å². The molecule has 6 heteroatoms. The molecule has 2 rings (SSSR count). The van der Waals surface area contributed by atoms with Crippen LogP contribution in [-0.2, 0) is 18.9 Å². The van der Waals surface area contributed by atoms with Crippen LogP contribution in [0.5, 0.6) is 0 Å². The number of rotatable bonds is 6. The predicted molar refractivity (Wildman–Crippen MR) is 85.8 cm³/mol. The predicted octanol–water partition coefficient (Wildman–Crippen LogP) is 2.23. The van der Waals surface area contributed by atoms with E-state index in [1.54, 1.807) is 44.6 Å². The molecule has 0 spiro atoms. The SMILES string of the molecule is CCOCC1CC(OC)C(OC)CO1.O=C(O)c1ccccc1. The van der Waals surface area contributed by atoms with Crippen LogP contribution in [0.3, 0.4) is 0 Å². The molecule has 1 fully saturated rings. The summed E-state index contributed by atoms with van der Waals surface area (Å²) >= 11 is 0. The van der Waals surface area contributed by atoms with Gasteiger partial charge in [-0.25, -0.2) is 4.79 Å². The summed E-state index contributed by atoms with van der Waals surface area (Å²) in [4.78, 5) is 10.2. The van der Waals surface area contributed by atoms with Gasteiger partial charge in [0.2, 0.25) is 0 Å². The third kappa shape index (κ3) is 7.09. The second-order valence-corrected chi connectivity index (χ2v) is 5.07. The number of hydrogen-bond acceptors (Lipinski definition) is 5.